The molecule has 2 rings (SSSR count). The smallest absolute Gasteiger partial charge is 0.0950 e. The summed E-state index contributed by atoms with van der Waals surface area (Å²) in [6, 6.07) is 0. The van der Waals surface area contributed by atoms with Crippen LogP contribution in [0.1, 0.15) is 37.1 Å². The van der Waals surface area contributed by atoms with Gasteiger partial charge in [-0.25, -0.2) is 4.98 Å². The lowest BCUT2D eigenvalue weighted by Crippen LogP contribution is -2.12. The van der Waals surface area contributed by atoms with E-state index in [1.165, 1.54) is 31.3 Å². The second kappa shape index (κ2) is 5.42. The molecule has 0 saturated heterocycles. The van der Waals surface area contributed by atoms with Crippen molar-refractivity contribution >= 4 is 11.3 Å². The molecule has 1 atom stereocenters. The van der Waals surface area contributed by atoms with Gasteiger partial charge < -0.3 is 5.11 Å². The third-order valence-corrected chi connectivity index (χ3v) is 3.58. The van der Waals surface area contributed by atoms with Crippen molar-refractivity contribution in [3.05, 3.63) is 28.2 Å². The lowest BCUT2D eigenvalue weighted by Gasteiger charge is -2.15. The first-order valence-corrected chi connectivity index (χ1v) is 6.47. The van der Waals surface area contributed by atoms with Crippen LogP contribution in [0.5, 0.6) is 0 Å². The molecule has 0 radical (unpaired) electrons. The van der Waals surface area contributed by atoms with E-state index in [0.717, 1.165) is 11.4 Å². The minimum atomic E-state index is -0.250. The largest absolute Gasteiger partial charge is 0.392 e. The Hall–Kier alpha value is -0.670. The van der Waals surface area contributed by atoms with Crippen LogP contribution < -0.4 is 0 Å². The predicted molar refractivity (Wildman–Crippen MR) is 63.0 cm³/mol. The SMILES string of the molecule is OC(CC1=CCCCC1)Cc1nccs1. The molecule has 1 aliphatic carbocycles. The third-order valence-electron chi connectivity index (χ3n) is 2.78. The molecular formula is C12H17NOS. The number of nitrogens with zero attached hydrogens (tertiary/aromatic N) is 1. The van der Waals surface area contributed by atoms with Crippen LogP contribution in [0.25, 0.3) is 0 Å². The first-order valence-electron chi connectivity index (χ1n) is 5.59. The van der Waals surface area contributed by atoms with Gasteiger partial charge in [-0.15, -0.1) is 11.3 Å². The summed E-state index contributed by atoms with van der Waals surface area (Å²) in [4.78, 5) is 4.19. The van der Waals surface area contributed by atoms with E-state index in [9.17, 15) is 5.11 Å². The van der Waals surface area contributed by atoms with Gasteiger partial charge in [-0.05, 0) is 32.1 Å². The van der Waals surface area contributed by atoms with E-state index < -0.39 is 0 Å². The second-order valence-corrected chi connectivity index (χ2v) is 5.08. The molecule has 82 valence electrons. The maximum atomic E-state index is 9.90. The highest BCUT2D eigenvalue weighted by Crippen LogP contribution is 2.22. The first kappa shape index (κ1) is 10.8. The predicted octanol–water partition coefficient (Wildman–Crippen LogP) is 2.94. The topological polar surface area (TPSA) is 33.1 Å². The molecule has 0 fully saturated rings. The summed E-state index contributed by atoms with van der Waals surface area (Å²) in [6.07, 6.45) is 10.4. The van der Waals surface area contributed by atoms with E-state index in [1.54, 1.807) is 17.5 Å². The van der Waals surface area contributed by atoms with Gasteiger partial charge in [0, 0.05) is 18.0 Å². The van der Waals surface area contributed by atoms with Gasteiger partial charge in [-0.2, -0.15) is 0 Å². The van der Waals surface area contributed by atoms with E-state index in [-0.39, 0.29) is 6.10 Å². The molecule has 0 amide bonds. The fourth-order valence-electron chi connectivity index (χ4n) is 2.02. The molecule has 0 aromatic carbocycles. The van der Waals surface area contributed by atoms with Gasteiger partial charge in [0.05, 0.1) is 11.1 Å². The van der Waals surface area contributed by atoms with Crippen molar-refractivity contribution in [3.8, 4) is 0 Å². The molecule has 1 aromatic rings. The van der Waals surface area contributed by atoms with Crippen LogP contribution in [0.4, 0.5) is 0 Å². The van der Waals surface area contributed by atoms with Crippen molar-refractivity contribution in [2.75, 3.05) is 0 Å². The summed E-state index contributed by atoms with van der Waals surface area (Å²) in [7, 11) is 0. The summed E-state index contributed by atoms with van der Waals surface area (Å²) >= 11 is 1.62. The Kier molecular flexibility index (Phi) is 3.92. The van der Waals surface area contributed by atoms with E-state index >= 15 is 0 Å². The maximum Gasteiger partial charge on any atom is 0.0950 e. The molecule has 1 heterocycles. The summed E-state index contributed by atoms with van der Waals surface area (Å²) in [5.41, 5.74) is 1.44. The Morgan fingerprint density at radius 2 is 2.33 bits per heavy atom. The zero-order valence-electron chi connectivity index (χ0n) is 8.85. The van der Waals surface area contributed by atoms with Gasteiger partial charge in [-0.3, -0.25) is 0 Å². The summed E-state index contributed by atoms with van der Waals surface area (Å²) in [5.74, 6) is 0. The zero-order chi connectivity index (χ0) is 10.5. The molecule has 15 heavy (non-hydrogen) atoms. The molecule has 1 aliphatic rings. The molecule has 1 N–H and O–H groups in total. The molecule has 2 nitrogen and oxygen atoms in total. The Morgan fingerprint density at radius 3 is 3.00 bits per heavy atom. The molecular weight excluding hydrogens is 206 g/mol. The number of aromatic nitrogens is 1. The van der Waals surface area contributed by atoms with E-state index in [1.807, 2.05) is 5.38 Å². The molecule has 3 heteroatoms. The fourth-order valence-corrected chi connectivity index (χ4v) is 2.71. The van der Waals surface area contributed by atoms with Crippen molar-refractivity contribution in [1.29, 1.82) is 0 Å². The Morgan fingerprint density at radius 1 is 1.40 bits per heavy atom. The van der Waals surface area contributed by atoms with E-state index in [0.29, 0.717) is 6.42 Å². The standard InChI is InChI=1S/C12H17NOS/c14-11(9-12-13-6-7-15-12)8-10-4-2-1-3-5-10/h4,6-7,11,14H,1-3,5,8-9H2. The van der Waals surface area contributed by atoms with Crippen LogP contribution in [-0.2, 0) is 6.42 Å². The molecule has 0 bridgehead atoms. The summed E-state index contributed by atoms with van der Waals surface area (Å²) in [6.45, 7) is 0. The van der Waals surface area contributed by atoms with Gasteiger partial charge in [0.25, 0.3) is 0 Å². The van der Waals surface area contributed by atoms with Gasteiger partial charge in [0.2, 0.25) is 0 Å². The highest BCUT2D eigenvalue weighted by molar-refractivity contribution is 7.09. The normalized spacial score (nSPS) is 18.6. The first-order chi connectivity index (χ1) is 7.34. The van der Waals surface area contributed by atoms with Crippen LogP contribution in [0.2, 0.25) is 0 Å². The fraction of sp³-hybridized carbons (Fsp3) is 0.583. The van der Waals surface area contributed by atoms with Crippen LogP contribution in [0.15, 0.2) is 23.2 Å². The number of aliphatic hydroxyl groups is 1. The van der Waals surface area contributed by atoms with Crippen LogP contribution in [0.3, 0.4) is 0 Å². The van der Waals surface area contributed by atoms with Gasteiger partial charge in [-0.1, -0.05) is 11.6 Å². The molecule has 1 unspecified atom stereocenters. The Balaban J connectivity index is 1.81. The average molecular weight is 223 g/mol. The molecule has 0 saturated carbocycles. The highest BCUT2D eigenvalue weighted by Gasteiger charge is 2.11. The lowest BCUT2D eigenvalue weighted by atomic mass is 9.94. The van der Waals surface area contributed by atoms with Crippen LogP contribution in [-0.4, -0.2) is 16.2 Å². The Labute approximate surface area is 94.7 Å². The summed E-state index contributed by atoms with van der Waals surface area (Å²) in [5, 5.41) is 12.9. The molecule has 1 aromatic heterocycles. The van der Waals surface area contributed by atoms with E-state index in [2.05, 4.69) is 11.1 Å². The minimum absolute atomic E-state index is 0.250. The highest BCUT2D eigenvalue weighted by atomic mass is 32.1. The van der Waals surface area contributed by atoms with Crippen LogP contribution >= 0.6 is 11.3 Å². The minimum Gasteiger partial charge on any atom is -0.392 e. The number of allylic oxidation sites excluding steroid dienone is 1. The van der Waals surface area contributed by atoms with Crippen molar-refractivity contribution in [3.63, 3.8) is 0 Å². The third kappa shape index (κ3) is 3.43. The molecule has 0 aliphatic heterocycles. The van der Waals surface area contributed by atoms with Crippen molar-refractivity contribution in [2.45, 2.75) is 44.6 Å². The van der Waals surface area contributed by atoms with Crippen molar-refractivity contribution < 1.29 is 5.11 Å². The monoisotopic (exact) mass is 223 g/mol. The number of rotatable bonds is 4. The van der Waals surface area contributed by atoms with Crippen molar-refractivity contribution in [2.24, 2.45) is 0 Å². The Bertz CT molecular complexity index is 318. The van der Waals surface area contributed by atoms with Crippen LogP contribution in [0, 0.1) is 0 Å². The average Bonchev–Trinajstić information content (AvgIpc) is 2.71. The second-order valence-electron chi connectivity index (χ2n) is 4.10. The quantitative estimate of drug-likeness (QED) is 0.796. The number of thiazole rings is 1. The number of hydrogen-bond donors (Lipinski definition) is 1. The maximum absolute atomic E-state index is 9.90. The molecule has 0 spiro atoms. The summed E-state index contributed by atoms with van der Waals surface area (Å²) < 4.78 is 0. The van der Waals surface area contributed by atoms with E-state index in [4.69, 9.17) is 0 Å². The number of hydrogen-bond acceptors (Lipinski definition) is 3. The van der Waals surface area contributed by atoms with Crippen molar-refractivity contribution in [1.82, 2.24) is 4.98 Å². The van der Waals surface area contributed by atoms with Gasteiger partial charge in [0.1, 0.15) is 0 Å². The number of aliphatic hydroxyl groups excluding tert-OH is 1. The van der Waals surface area contributed by atoms with Gasteiger partial charge in [0.15, 0.2) is 0 Å². The lowest BCUT2D eigenvalue weighted by molar-refractivity contribution is 0.173. The van der Waals surface area contributed by atoms with Gasteiger partial charge >= 0.3 is 0 Å². The zero-order valence-corrected chi connectivity index (χ0v) is 9.67.